The maximum absolute atomic E-state index is 7.46. The third kappa shape index (κ3) is 3.41. The Morgan fingerprint density at radius 3 is 2.84 bits per heavy atom. The van der Waals surface area contributed by atoms with Crippen LogP contribution in [0.2, 0.25) is 5.02 Å². The molecule has 1 aliphatic rings. The van der Waals surface area contributed by atoms with Gasteiger partial charge in [0.2, 0.25) is 0 Å². The first-order valence-electron chi connectivity index (χ1n) is 7.00. The van der Waals surface area contributed by atoms with Crippen molar-refractivity contribution in [2.45, 2.75) is 32.6 Å². The first kappa shape index (κ1) is 14.2. The highest BCUT2D eigenvalue weighted by Crippen LogP contribution is 2.27. The number of anilines is 1. The van der Waals surface area contributed by atoms with E-state index < -0.39 is 0 Å². The number of nitrogens with zero attached hydrogens (tertiary/aromatic N) is 1. The second-order valence-electron chi connectivity index (χ2n) is 5.27. The first-order chi connectivity index (χ1) is 9.11. The minimum Gasteiger partial charge on any atom is -0.384 e. The first-order valence-corrected chi connectivity index (χ1v) is 7.38. The summed E-state index contributed by atoms with van der Waals surface area (Å²) in [5.41, 5.74) is 7.25. The Bertz CT molecular complexity index is 459. The van der Waals surface area contributed by atoms with E-state index in [1.165, 1.54) is 25.7 Å². The fourth-order valence-electron chi connectivity index (χ4n) is 2.75. The third-order valence-electron chi connectivity index (χ3n) is 4.03. The van der Waals surface area contributed by atoms with Crippen molar-refractivity contribution in [2.24, 2.45) is 11.7 Å². The lowest BCUT2D eigenvalue weighted by Gasteiger charge is -2.23. The molecule has 1 saturated heterocycles. The average Bonchev–Trinajstić information content (AvgIpc) is 2.63. The van der Waals surface area contributed by atoms with E-state index in [-0.39, 0.29) is 5.84 Å². The number of amidine groups is 1. The van der Waals surface area contributed by atoms with Crippen LogP contribution in [0.4, 0.5) is 5.69 Å². The molecule has 0 aromatic heterocycles. The molecule has 0 spiro atoms. The zero-order valence-electron chi connectivity index (χ0n) is 11.5. The summed E-state index contributed by atoms with van der Waals surface area (Å²) in [7, 11) is 0. The predicted octanol–water partition coefficient (Wildman–Crippen LogP) is 3.64. The lowest BCUT2D eigenvalue weighted by Crippen LogP contribution is -2.24. The van der Waals surface area contributed by atoms with Crippen LogP contribution in [-0.2, 0) is 0 Å². The van der Waals surface area contributed by atoms with Gasteiger partial charge in [-0.3, -0.25) is 5.41 Å². The molecule has 3 nitrogen and oxygen atoms in total. The summed E-state index contributed by atoms with van der Waals surface area (Å²) in [5, 5.41) is 8.03. The molecule has 1 aromatic rings. The molecule has 3 N–H and O–H groups in total. The van der Waals surface area contributed by atoms with Gasteiger partial charge >= 0.3 is 0 Å². The van der Waals surface area contributed by atoms with Crippen LogP contribution in [0.5, 0.6) is 0 Å². The summed E-state index contributed by atoms with van der Waals surface area (Å²) in [5.74, 6) is 0.885. The SMILES string of the molecule is CCC1CCCN(c2ccc(C(=N)N)c(Cl)c2)CC1. The smallest absolute Gasteiger partial charge is 0.124 e. The minimum absolute atomic E-state index is 0.0264. The van der Waals surface area contributed by atoms with Gasteiger partial charge in [-0.15, -0.1) is 0 Å². The van der Waals surface area contributed by atoms with Gasteiger partial charge in [0.25, 0.3) is 0 Å². The van der Waals surface area contributed by atoms with Crippen LogP contribution < -0.4 is 10.6 Å². The normalized spacial score (nSPS) is 20.1. The molecule has 0 amide bonds. The van der Waals surface area contributed by atoms with Gasteiger partial charge in [0.05, 0.1) is 5.02 Å². The van der Waals surface area contributed by atoms with Crippen molar-refractivity contribution >= 4 is 23.1 Å². The standard InChI is InChI=1S/C15H22ClN3/c1-2-11-4-3-8-19(9-7-11)12-5-6-13(15(17)18)14(16)10-12/h5-6,10-11H,2-4,7-9H2,1H3,(H3,17,18). The molecule has 0 aliphatic carbocycles. The van der Waals surface area contributed by atoms with E-state index in [4.69, 9.17) is 22.7 Å². The van der Waals surface area contributed by atoms with Crippen LogP contribution in [0.15, 0.2) is 18.2 Å². The van der Waals surface area contributed by atoms with Crippen LogP contribution in [0, 0.1) is 11.3 Å². The molecule has 1 heterocycles. The van der Waals surface area contributed by atoms with Crippen LogP contribution in [0.25, 0.3) is 0 Å². The molecule has 1 fully saturated rings. The quantitative estimate of drug-likeness (QED) is 0.656. The largest absolute Gasteiger partial charge is 0.384 e. The van der Waals surface area contributed by atoms with Crippen molar-refractivity contribution in [2.75, 3.05) is 18.0 Å². The highest BCUT2D eigenvalue weighted by Gasteiger charge is 2.16. The summed E-state index contributed by atoms with van der Waals surface area (Å²) < 4.78 is 0. The number of nitrogens with two attached hydrogens (primary N) is 1. The fraction of sp³-hybridized carbons (Fsp3) is 0.533. The number of nitrogen functional groups attached to an aromatic ring is 1. The molecule has 1 aromatic carbocycles. The maximum atomic E-state index is 7.46. The Balaban J connectivity index is 2.13. The van der Waals surface area contributed by atoms with Gasteiger partial charge in [-0.05, 0) is 43.4 Å². The van der Waals surface area contributed by atoms with Gasteiger partial charge in [0, 0.05) is 24.3 Å². The number of nitrogens with one attached hydrogen (secondary N) is 1. The number of hydrogen-bond acceptors (Lipinski definition) is 2. The predicted molar refractivity (Wildman–Crippen MR) is 82.3 cm³/mol. The Labute approximate surface area is 120 Å². The summed E-state index contributed by atoms with van der Waals surface area (Å²) in [6.07, 6.45) is 5.09. The van der Waals surface area contributed by atoms with Crippen molar-refractivity contribution < 1.29 is 0 Å². The molecule has 19 heavy (non-hydrogen) atoms. The molecule has 104 valence electrons. The zero-order valence-corrected chi connectivity index (χ0v) is 12.2. The van der Waals surface area contributed by atoms with Crippen molar-refractivity contribution in [3.05, 3.63) is 28.8 Å². The van der Waals surface area contributed by atoms with E-state index in [0.717, 1.165) is 24.7 Å². The van der Waals surface area contributed by atoms with Gasteiger partial charge in [0.1, 0.15) is 5.84 Å². The van der Waals surface area contributed by atoms with E-state index in [0.29, 0.717) is 10.6 Å². The van der Waals surface area contributed by atoms with Gasteiger partial charge in [-0.25, -0.2) is 0 Å². The molecule has 1 atom stereocenters. The second-order valence-corrected chi connectivity index (χ2v) is 5.68. The van der Waals surface area contributed by atoms with E-state index in [9.17, 15) is 0 Å². The summed E-state index contributed by atoms with van der Waals surface area (Å²) in [6.45, 7) is 4.46. The van der Waals surface area contributed by atoms with Crippen molar-refractivity contribution in [3.8, 4) is 0 Å². The van der Waals surface area contributed by atoms with Crippen LogP contribution >= 0.6 is 11.6 Å². The molecular weight excluding hydrogens is 258 g/mol. The minimum atomic E-state index is 0.0264. The van der Waals surface area contributed by atoms with E-state index in [1.54, 1.807) is 0 Å². The molecule has 4 heteroatoms. The number of rotatable bonds is 3. The monoisotopic (exact) mass is 279 g/mol. The van der Waals surface area contributed by atoms with Crippen LogP contribution in [0.3, 0.4) is 0 Å². The fourth-order valence-corrected chi connectivity index (χ4v) is 3.03. The van der Waals surface area contributed by atoms with E-state index in [2.05, 4.69) is 11.8 Å². The number of benzene rings is 1. The summed E-state index contributed by atoms with van der Waals surface area (Å²) in [6, 6.07) is 5.81. The molecule has 1 aliphatic heterocycles. The number of hydrogen-bond donors (Lipinski definition) is 2. The second kappa shape index (κ2) is 6.29. The Morgan fingerprint density at radius 1 is 1.42 bits per heavy atom. The van der Waals surface area contributed by atoms with Crippen molar-refractivity contribution in [3.63, 3.8) is 0 Å². The Kier molecular flexibility index (Phi) is 4.70. The van der Waals surface area contributed by atoms with Crippen LogP contribution in [-0.4, -0.2) is 18.9 Å². The summed E-state index contributed by atoms with van der Waals surface area (Å²) in [4.78, 5) is 2.39. The van der Waals surface area contributed by atoms with Gasteiger partial charge < -0.3 is 10.6 Å². The van der Waals surface area contributed by atoms with Gasteiger partial charge in [-0.1, -0.05) is 24.9 Å². The van der Waals surface area contributed by atoms with E-state index >= 15 is 0 Å². The van der Waals surface area contributed by atoms with Crippen LogP contribution in [0.1, 0.15) is 38.2 Å². The lowest BCUT2D eigenvalue weighted by molar-refractivity contribution is 0.459. The number of halogens is 1. The van der Waals surface area contributed by atoms with Gasteiger partial charge in [0.15, 0.2) is 0 Å². The molecule has 2 rings (SSSR count). The molecular formula is C15H22ClN3. The molecule has 0 radical (unpaired) electrons. The third-order valence-corrected chi connectivity index (χ3v) is 4.35. The lowest BCUT2D eigenvalue weighted by atomic mass is 9.98. The maximum Gasteiger partial charge on any atom is 0.124 e. The molecule has 0 saturated carbocycles. The molecule has 1 unspecified atom stereocenters. The molecule has 0 bridgehead atoms. The topological polar surface area (TPSA) is 53.1 Å². The highest BCUT2D eigenvalue weighted by molar-refractivity contribution is 6.34. The summed E-state index contributed by atoms with van der Waals surface area (Å²) >= 11 is 6.19. The van der Waals surface area contributed by atoms with Crippen molar-refractivity contribution in [1.82, 2.24) is 0 Å². The van der Waals surface area contributed by atoms with E-state index in [1.807, 2.05) is 18.2 Å². The van der Waals surface area contributed by atoms with Crippen molar-refractivity contribution in [1.29, 1.82) is 5.41 Å². The highest BCUT2D eigenvalue weighted by atomic mass is 35.5. The zero-order chi connectivity index (χ0) is 13.8. The Morgan fingerprint density at radius 2 is 2.21 bits per heavy atom. The average molecular weight is 280 g/mol. The van der Waals surface area contributed by atoms with Gasteiger partial charge in [-0.2, -0.15) is 0 Å². The Hall–Kier alpha value is -1.22.